The second-order valence-electron chi connectivity index (χ2n) is 4.76. The normalized spacial score (nSPS) is 14.3. The van der Waals surface area contributed by atoms with Crippen LogP contribution in [0.4, 0.5) is 0 Å². The largest absolute Gasteiger partial charge is 0.352 e. The van der Waals surface area contributed by atoms with Crippen molar-refractivity contribution in [2.75, 3.05) is 0 Å². The second-order valence-corrected chi connectivity index (χ2v) is 6.61. The van der Waals surface area contributed by atoms with Crippen molar-refractivity contribution in [1.82, 2.24) is 5.32 Å². The van der Waals surface area contributed by atoms with Gasteiger partial charge in [-0.1, -0.05) is 25.4 Å². The molecule has 0 aliphatic rings. The van der Waals surface area contributed by atoms with Gasteiger partial charge in [0.15, 0.2) is 0 Å². The molecule has 100 valence electrons. The Labute approximate surface area is 118 Å². The third-order valence-electron chi connectivity index (χ3n) is 2.87. The first kappa shape index (κ1) is 15.4. The number of carbonyl (C=O) groups is 1. The van der Waals surface area contributed by atoms with E-state index >= 15 is 0 Å². The van der Waals surface area contributed by atoms with Gasteiger partial charge in [0, 0.05) is 16.0 Å². The van der Waals surface area contributed by atoms with E-state index in [1.54, 1.807) is 11.8 Å². The van der Waals surface area contributed by atoms with Crippen molar-refractivity contribution in [3.63, 3.8) is 0 Å². The minimum Gasteiger partial charge on any atom is -0.352 e. The van der Waals surface area contributed by atoms with Gasteiger partial charge in [0.25, 0.3) is 0 Å². The van der Waals surface area contributed by atoms with Gasteiger partial charge in [0.1, 0.15) is 0 Å². The zero-order valence-electron chi connectivity index (χ0n) is 11.2. The van der Waals surface area contributed by atoms with E-state index in [0.717, 1.165) is 4.90 Å². The first-order valence-corrected chi connectivity index (χ1v) is 7.38. The highest BCUT2D eigenvalue weighted by Gasteiger charge is 2.17. The number of thioether (sulfide) groups is 1. The third kappa shape index (κ3) is 4.91. The van der Waals surface area contributed by atoms with Crippen LogP contribution in [0.3, 0.4) is 0 Å². The lowest BCUT2D eigenvalue weighted by atomic mass is 10.1. The van der Waals surface area contributed by atoms with Gasteiger partial charge >= 0.3 is 0 Å². The lowest BCUT2D eigenvalue weighted by Gasteiger charge is -2.20. The lowest BCUT2D eigenvalue weighted by molar-refractivity contribution is -0.121. The summed E-state index contributed by atoms with van der Waals surface area (Å²) in [4.78, 5) is 13.0. The van der Waals surface area contributed by atoms with E-state index in [0.29, 0.717) is 10.9 Å². The summed E-state index contributed by atoms with van der Waals surface area (Å²) >= 11 is 7.37. The van der Waals surface area contributed by atoms with Gasteiger partial charge in [-0.2, -0.15) is 0 Å². The standard InChI is InChI=1S/C14H20ClNOS/c1-9(2)10(3)16-14(17)11(4)18-13-7-5-12(15)6-8-13/h5-11H,1-4H3,(H,16,17)/t10-,11+/m0/s1. The van der Waals surface area contributed by atoms with E-state index in [2.05, 4.69) is 19.2 Å². The molecule has 1 rings (SSSR count). The summed E-state index contributed by atoms with van der Waals surface area (Å²) in [7, 11) is 0. The average Bonchev–Trinajstić information content (AvgIpc) is 2.31. The zero-order chi connectivity index (χ0) is 13.7. The highest BCUT2D eigenvalue weighted by atomic mass is 35.5. The van der Waals surface area contributed by atoms with Crippen LogP contribution in [0.15, 0.2) is 29.2 Å². The molecule has 2 atom stereocenters. The molecule has 0 fully saturated rings. The highest BCUT2D eigenvalue weighted by Crippen LogP contribution is 2.24. The van der Waals surface area contributed by atoms with Crippen molar-refractivity contribution < 1.29 is 4.79 Å². The predicted molar refractivity (Wildman–Crippen MR) is 79.2 cm³/mol. The van der Waals surface area contributed by atoms with E-state index in [1.165, 1.54) is 0 Å². The molecule has 0 unspecified atom stereocenters. The number of amides is 1. The summed E-state index contributed by atoms with van der Waals surface area (Å²) in [5.41, 5.74) is 0. The minimum absolute atomic E-state index is 0.0798. The van der Waals surface area contributed by atoms with Crippen molar-refractivity contribution in [2.45, 2.75) is 43.9 Å². The molecule has 0 radical (unpaired) electrons. The summed E-state index contributed by atoms with van der Waals surface area (Å²) in [6, 6.07) is 7.74. The summed E-state index contributed by atoms with van der Waals surface area (Å²) in [6.07, 6.45) is 0. The van der Waals surface area contributed by atoms with Gasteiger partial charge in [0.05, 0.1) is 5.25 Å². The maximum atomic E-state index is 12.0. The van der Waals surface area contributed by atoms with Gasteiger partial charge < -0.3 is 5.32 Å². The van der Waals surface area contributed by atoms with Crippen molar-refractivity contribution in [3.05, 3.63) is 29.3 Å². The van der Waals surface area contributed by atoms with Gasteiger partial charge in [-0.3, -0.25) is 4.79 Å². The van der Waals surface area contributed by atoms with Crippen LogP contribution in [-0.2, 0) is 4.79 Å². The van der Waals surface area contributed by atoms with E-state index in [4.69, 9.17) is 11.6 Å². The quantitative estimate of drug-likeness (QED) is 0.829. The maximum absolute atomic E-state index is 12.0. The van der Waals surface area contributed by atoms with Crippen LogP contribution in [0.25, 0.3) is 0 Å². The van der Waals surface area contributed by atoms with Crippen molar-refractivity contribution in [2.24, 2.45) is 5.92 Å². The molecule has 0 saturated heterocycles. The van der Waals surface area contributed by atoms with Crippen LogP contribution in [-0.4, -0.2) is 17.2 Å². The molecule has 0 aliphatic carbocycles. The Morgan fingerprint density at radius 1 is 1.17 bits per heavy atom. The topological polar surface area (TPSA) is 29.1 Å². The Morgan fingerprint density at radius 2 is 1.72 bits per heavy atom. The lowest BCUT2D eigenvalue weighted by Crippen LogP contribution is -2.40. The van der Waals surface area contributed by atoms with Crippen LogP contribution >= 0.6 is 23.4 Å². The first-order chi connectivity index (χ1) is 8.40. The molecule has 0 saturated carbocycles. The van der Waals surface area contributed by atoms with Crippen molar-refractivity contribution >= 4 is 29.3 Å². The molecule has 0 spiro atoms. The van der Waals surface area contributed by atoms with Gasteiger partial charge in [0.2, 0.25) is 5.91 Å². The molecular weight excluding hydrogens is 266 g/mol. The fourth-order valence-electron chi connectivity index (χ4n) is 1.28. The van der Waals surface area contributed by atoms with E-state index in [9.17, 15) is 4.79 Å². The number of halogens is 1. The van der Waals surface area contributed by atoms with Crippen LogP contribution in [0.1, 0.15) is 27.7 Å². The van der Waals surface area contributed by atoms with Crippen LogP contribution in [0, 0.1) is 5.92 Å². The highest BCUT2D eigenvalue weighted by molar-refractivity contribution is 8.00. The predicted octanol–water partition coefficient (Wildman–Crippen LogP) is 3.98. The summed E-state index contributed by atoms with van der Waals surface area (Å²) in [6.45, 7) is 8.15. The fraction of sp³-hybridized carbons (Fsp3) is 0.500. The van der Waals surface area contributed by atoms with Gasteiger partial charge in [-0.25, -0.2) is 0 Å². The number of carbonyl (C=O) groups excluding carboxylic acids is 1. The van der Waals surface area contributed by atoms with Gasteiger partial charge in [-0.05, 0) is 44.0 Å². The molecular formula is C14H20ClNOS. The molecule has 0 aliphatic heterocycles. The zero-order valence-corrected chi connectivity index (χ0v) is 12.8. The van der Waals surface area contributed by atoms with Crippen molar-refractivity contribution in [3.8, 4) is 0 Å². The molecule has 0 aromatic heterocycles. The van der Waals surface area contributed by atoms with E-state index in [-0.39, 0.29) is 17.2 Å². The first-order valence-electron chi connectivity index (χ1n) is 6.12. The Balaban J connectivity index is 2.52. The number of hydrogen-bond acceptors (Lipinski definition) is 2. The molecule has 1 aromatic carbocycles. The monoisotopic (exact) mass is 285 g/mol. The van der Waals surface area contributed by atoms with Crippen molar-refractivity contribution in [1.29, 1.82) is 0 Å². The number of nitrogens with one attached hydrogen (secondary N) is 1. The molecule has 1 aromatic rings. The Bertz CT molecular complexity index is 391. The molecule has 1 N–H and O–H groups in total. The Kier molecular flexibility index (Phi) is 6.03. The third-order valence-corrected chi connectivity index (χ3v) is 4.23. The molecule has 18 heavy (non-hydrogen) atoms. The number of hydrogen-bond donors (Lipinski definition) is 1. The van der Waals surface area contributed by atoms with Crippen LogP contribution in [0.2, 0.25) is 5.02 Å². The average molecular weight is 286 g/mol. The number of rotatable bonds is 5. The van der Waals surface area contributed by atoms with E-state index < -0.39 is 0 Å². The van der Waals surface area contributed by atoms with E-state index in [1.807, 2.05) is 38.1 Å². The van der Waals surface area contributed by atoms with Crippen LogP contribution in [0.5, 0.6) is 0 Å². The molecule has 0 bridgehead atoms. The van der Waals surface area contributed by atoms with Crippen LogP contribution < -0.4 is 5.32 Å². The Hall–Kier alpha value is -0.670. The second kappa shape index (κ2) is 7.05. The smallest absolute Gasteiger partial charge is 0.233 e. The molecule has 2 nitrogen and oxygen atoms in total. The molecule has 4 heteroatoms. The summed E-state index contributed by atoms with van der Waals surface area (Å²) in [5, 5.41) is 3.63. The summed E-state index contributed by atoms with van der Waals surface area (Å²) < 4.78 is 0. The minimum atomic E-state index is -0.104. The van der Waals surface area contributed by atoms with Gasteiger partial charge in [-0.15, -0.1) is 11.8 Å². The SMILES string of the molecule is CC(C)[C@H](C)NC(=O)[C@@H](C)Sc1ccc(Cl)cc1. The summed E-state index contributed by atoms with van der Waals surface area (Å²) in [5.74, 6) is 0.526. The fourth-order valence-corrected chi connectivity index (χ4v) is 2.28. The maximum Gasteiger partial charge on any atom is 0.233 e. The molecule has 1 amide bonds. The number of benzene rings is 1. The molecule has 0 heterocycles. The Morgan fingerprint density at radius 3 is 2.22 bits per heavy atom.